The van der Waals surface area contributed by atoms with Crippen molar-refractivity contribution in [2.45, 2.75) is 71.1 Å². The molecule has 0 spiro atoms. The van der Waals surface area contributed by atoms with Gasteiger partial charge in [-0.2, -0.15) is 8.42 Å². The molecule has 0 aliphatic carbocycles. The van der Waals surface area contributed by atoms with E-state index in [2.05, 4.69) is 20.6 Å². The molecule has 6 heteroatoms. The van der Waals surface area contributed by atoms with Crippen LogP contribution in [0.2, 0.25) is 0 Å². The highest BCUT2D eigenvalue weighted by Crippen LogP contribution is 2.09. The second kappa shape index (κ2) is 14.8. The van der Waals surface area contributed by atoms with Crippen LogP contribution in [0, 0.1) is 0 Å². The highest BCUT2D eigenvalue weighted by Gasteiger charge is 2.07. The zero-order valence-corrected chi connectivity index (χ0v) is 14.6. The van der Waals surface area contributed by atoms with Crippen LogP contribution in [-0.2, 0) is 18.8 Å². The second-order valence-electron chi connectivity index (χ2n) is 5.33. The van der Waals surface area contributed by atoms with Gasteiger partial charge in [-0.25, -0.2) is 4.18 Å². The Labute approximate surface area is 131 Å². The lowest BCUT2D eigenvalue weighted by molar-refractivity contribution is 0.240. The molecular formula is C15H33NO4S. The largest absolute Gasteiger partial charge is 0.399 e. The van der Waals surface area contributed by atoms with E-state index in [4.69, 9.17) is 0 Å². The maximum atomic E-state index is 10.9. The van der Waals surface area contributed by atoms with E-state index in [0.717, 1.165) is 20.2 Å². The Hall–Kier alpha value is -0.170. The van der Waals surface area contributed by atoms with E-state index in [1.807, 2.05) is 0 Å². The Balaban J connectivity index is 3.09. The molecule has 0 atom stereocenters. The number of unbranched alkanes of at least 4 members (excludes halogenated alkanes) is 8. The average Bonchev–Trinajstić information content (AvgIpc) is 2.47. The first kappa shape index (κ1) is 20.8. The van der Waals surface area contributed by atoms with E-state index in [9.17, 15) is 8.42 Å². The van der Waals surface area contributed by atoms with Gasteiger partial charge >= 0.3 is 10.4 Å². The molecular weight excluding hydrogens is 290 g/mol. The molecule has 0 saturated heterocycles. The van der Waals surface area contributed by atoms with Gasteiger partial charge in [-0.05, 0) is 25.9 Å². The molecule has 0 radical (unpaired) electrons. The maximum absolute atomic E-state index is 10.9. The van der Waals surface area contributed by atoms with Gasteiger partial charge in [-0.3, -0.25) is 4.18 Å². The second-order valence-corrected chi connectivity index (χ2v) is 6.71. The highest BCUT2D eigenvalue weighted by atomic mass is 32.3. The zero-order valence-electron chi connectivity index (χ0n) is 13.7. The standard InChI is InChI=1S/C15H33NO4S/c1-3-4-5-6-7-8-9-10-11-13-16-14-12-15-20-21(17,18)19-2/h16H,3-15H2,1-2H3. The third-order valence-corrected chi connectivity index (χ3v) is 4.25. The van der Waals surface area contributed by atoms with Crippen LogP contribution >= 0.6 is 0 Å². The summed E-state index contributed by atoms with van der Waals surface area (Å²) in [7, 11) is -2.67. The summed E-state index contributed by atoms with van der Waals surface area (Å²) in [5, 5.41) is 3.29. The summed E-state index contributed by atoms with van der Waals surface area (Å²) in [5.41, 5.74) is 0. The summed E-state index contributed by atoms with van der Waals surface area (Å²) in [5.74, 6) is 0. The molecule has 0 aliphatic rings. The van der Waals surface area contributed by atoms with Crippen LogP contribution in [0.5, 0.6) is 0 Å². The molecule has 0 rings (SSSR count). The Morgan fingerprint density at radius 2 is 1.33 bits per heavy atom. The fourth-order valence-corrected chi connectivity index (χ4v) is 2.51. The lowest BCUT2D eigenvalue weighted by Gasteiger charge is -2.05. The number of nitrogens with one attached hydrogen (secondary N) is 1. The molecule has 0 saturated carbocycles. The molecule has 5 nitrogen and oxygen atoms in total. The van der Waals surface area contributed by atoms with Crippen molar-refractivity contribution in [2.24, 2.45) is 0 Å². The molecule has 21 heavy (non-hydrogen) atoms. The van der Waals surface area contributed by atoms with Crippen LogP contribution < -0.4 is 5.32 Å². The Morgan fingerprint density at radius 1 is 0.810 bits per heavy atom. The third kappa shape index (κ3) is 16.0. The van der Waals surface area contributed by atoms with Gasteiger partial charge in [0.15, 0.2) is 0 Å². The monoisotopic (exact) mass is 323 g/mol. The molecule has 0 unspecified atom stereocenters. The van der Waals surface area contributed by atoms with Gasteiger partial charge in [-0.1, -0.05) is 58.3 Å². The van der Waals surface area contributed by atoms with Crippen molar-refractivity contribution in [1.82, 2.24) is 5.32 Å². The van der Waals surface area contributed by atoms with Crippen LogP contribution in [0.4, 0.5) is 0 Å². The predicted octanol–water partition coefficient (Wildman–Crippen LogP) is 3.40. The van der Waals surface area contributed by atoms with Crippen molar-refractivity contribution in [1.29, 1.82) is 0 Å². The van der Waals surface area contributed by atoms with Gasteiger partial charge in [0, 0.05) is 0 Å². The fraction of sp³-hybridized carbons (Fsp3) is 1.00. The highest BCUT2D eigenvalue weighted by molar-refractivity contribution is 7.81. The summed E-state index contributed by atoms with van der Waals surface area (Å²) in [6.07, 6.45) is 12.6. The van der Waals surface area contributed by atoms with E-state index in [1.165, 1.54) is 57.8 Å². The molecule has 0 aromatic carbocycles. The van der Waals surface area contributed by atoms with Crippen molar-refractivity contribution in [3.05, 3.63) is 0 Å². The van der Waals surface area contributed by atoms with Gasteiger partial charge in [0.25, 0.3) is 0 Å². The van der Waals surface area contributed by atoms with E-state index in [0.29, 0.717) is 6.42 Å². The predicted molar refractivity (Wildman–Crippen MR) is 86.6 cm³/mol. The minimum Gasteiger partial charge on any atom is -0.317 e. The minimum absolute atomic E-state index is 0.168. The van der Waals surface area contributed by atoms with Crippen LogP contribution in [0.3, 0.4) is 0 Å². The van der Waals surface area contributed by atoms with Crippen LogP contribution in [0.1, 0.15) is 71.1 Å². The van der Waals surface area contributed by atoms with Gasteiger partial charge < -0.3 is 5.32 Å². The molecule has 1 N–H and O–H groups in total. The van der Waals surface area contributed by atoms with E-state index in [1.54, 1.807) is 0 Å². The summed E-state index contributed by atoms with van der Waals surface area (Å²) < 4.78 is 30.5. The van der Waals surface area contributed by atoms with E-state index in [-0.39, 0.29) is 6.61 Å². The van der Waals surface area contributed by atoms with Gasteiger partial charge in [0.2, 0.25) is 0 Å². The molecule has 0 fully saturated rings. The van der Waals surface area contributed by atoms with Crippen molar-refractivity contribution in [3.8, 4) is 0 Å². The normalized spacial score (nSPS) is 11.9. The van der Waals surface area contributed by atoms with Crippen LogP contribution in [0.25, 0.3) is 0 Å². The average molecular weight is 323 g/mol. The topological polar surface area (TPSA) is 64.6 Å². The Morgan fingerprint density at radius 3 is 1.90 bits per heavy atom. The molecule has 0 heterocycles. The Kier molecular flexibility index (Phi) is 14.6. The quantitative estimate of drug-likeness (QED) is 0.441. The molecule has 128 valence electrons. The maximum Gasteiger partial charge on any atom is 0.399 e. The third-order valence-electron chi connectivity index (χ3n) is 3.39. The van der Waals surface area contributed by atoms with Gasteiger partial charge in [0.1, 0.15) is 0 Å². The van der Waals surface area contributed by atoms with Crippen molar-refractivity contribution >= 4 is 10.4 Å². The molecule has 0 aromatic rings. The van der Waals surface area contributed by atoms with Crippen LogP contribution in [0.15, 0.2) is 0 Å². The summed E-state index contributed by atoms with van der Waals surface area (Å²) in [6, 6.07) is 0. The van der Waals surface area contributed by atoms with Gasteiger partial charge in [-0.15, -0.1) is 0 Å². The summed E-state index contributed by atoms with van der Waals surface area (Å²) >= 11 is 0. The summed E-state index contributed by atoms with van der Waals surface area (Å²) in [4.78, 5) is 0. The fourth-order valence-electron chi connectivity index (χ4n) is 2.09. The summed E-state index contributed by atoms with van der Waals surface area (Å²) in [6.45, 7) is 4.18. The Bertz CT molecular complexity index is 307. The van der Waals surface area contributed by atoms with E-state index >= 15 is 0 Å². The van der Waals surface area contributed by atoms with Crippen LogP contribution in [-0.4, -0.2) is 35.2 Å². The SMILES string of the molecule is CCCCCCCCCCCNCCCOS(=O)(=O)OC. The molecule has 0 bridgehead atoms. The first-order chi connectivity index (χ1) is 10.1. The van der Waals surface area contributed by atoms with E-state index < -0.39 is 10.4 Å². The lowest BCUT2D eigenvalue weighted by Crippen LogP contribution is -2.19. The van der Waals surface area contributed by atoms with Crippen molar-refractivity contribution in [2.75, 3.05) is 26.8 Å². The minimum atomic E-state index is -3.76. The molecule has 0 amide bonds. The molecule has 0 aliphatic heterocycles. The van der Waals surface area contributed by atoms with Crippen molar-refractivity contribution in [3.63, 3.8) is 0 Å². The smallest absolute Gasteiger partial charge is 0.317 e. The first-order valence-electron chi connectivity index (χ1n) is 8.28. The zero-order chi connectivity index (χ0) is 15.8. The number of hydrogen-bond donors (Lipinski definition) is 1. The lowest BCUT2D eigenvalue weighted by atomic mass is 10.1. The molecule has 0 aromatic heterocycles. The van der Waals surface area contributed by atoms with Gasteiger partial charge in [0.05, 0.1) is 13.7 Å². The number of rotatable bonds is 16. The first-order valence-corrected chi connectivity index (χ1v) is 9.61. The van der Waals surface area contributed by atoms with Crippen molar-refractivity contribution < 1.29 is 16.8 Å². The number of hydrogen-bond acceptors (Lipinski definition) is 5.